The summed E-state index contributed by atoms with van der Waals surface area (Å²) in [6.07, 6.45) is 5.32. The van der Waals surface area contributed by atoms with E-state index in [-0.39, 0.29) is 0 Å². The summed E-state index contributed by atoms with van der Waals surface area (Å²) < 4.78 is 5.85. The lowest BCUT2D eigenvalue weighted by molar-refractivity contribution is 0.0531. The first-order chi connectivity index (χ1) is 11.3. The van der Waals surface area contributed by atoms with Crippen molar-refractivity contribution < 1.29 is 4.74 Å². The number of ether oxygens (including phenoxy) is 1. The number of rotatable bonds is 3. The van der Waals surface area contributed by atoms with Crippen LogP contribution in [0.1, 0.15) is 25.7 Å². The summed E-state index contributed by atoms with van der Waals surface area (Å²) in [6.45, 7) is 3.03. The molecule has 1 aromatic carbocycles. The zero-order valence-electron chi connectivity index (χ0n) is 12.9. The molecule has 122 valence electrons. The van der Waals surface area contributed by atoms with Crippen molar-refractivity contribution in [1.82, 2.24) is 10.2 Å². The van der Waals surface area contributed by atoms with Crippen LogP contribution in [0.2, 0.25) is 5.02 Å². The van der Waals surface area contributed by atoms with Gasteiger partial charge in [-0.05, 0) is 37.7 Å². The van der Waals surface area contributed by atoms with Gasteiger partial charge in [0.15, 0.2) is 5.01 Å². The molecule has 3 heterocycles. The van der Waals surface area contributed by atoms with Gasteiger partial charge in [0.2, 0.25) is 5.13 Å². The fourth-order valence-electron chi connectivity index (χ4n) is 3.52. The molecule has 1 unspecified atom stereocenters. The molecule has 1 atom stereocenters. The summed E-state index contributed by atoms with van der Waals surface area (Å²) >= 11 is 7.89. The highest BCUT2D eigenvalue weighted by molar-refractivity contribution is 7.18. The number of anilines is 1. The Morgan fingerprint density at radius 2 is 1.96 bits per heavy atom. The maximum absolute atomic E-state index is 6.26. The van der Waals surface area contributed by atoms with E-state index < -0.39 is 0 Å². The molecule has 2 fully saturated rings. The van der Waals surface area contributed by atoms with E-state index in [1.54, 1.807) is 11.3 Å². The van der Waals surface area contributed by atoms with Gasteiger partial charge in [0.1, 0.15) is 0 Å². The van der Waals surface area contributed by atoms with Crippen molar-refractivity contribution in [2.45, 2.75) is 31.8 Å². The molecular formula is C17H20ClN3OS. The fraction of sp³-hybridized carbons (Fsp3) is 0.529. The Kier molecular flexibility index (Phi) is 4.51. The molecule has 0 aliphatic carbocycles. The Balaban J connectivity index is 1.43. The van der Waals surface area contributed by atoms with Crippen molar-refractivity contribution in [3.63, 3.8) is 0 Å². The van der Waals surface area contributed by atoms with E-state index in [1.165, 1.54) is 25.7 Å². The van der Waals surface area contributed by atoms with Crippen LogP contribution in [0, 0.1) is 5.92 Å². The number of aromatic nitrogens is 2. The Bertz CT molecular complexity index is 663. The summed E-state index contributed by atoms with van der Waals surface area (Å²) in [7, 11) is 0. The minimum atomic E-state index is 0.491. The predicted molar refractivity (Wildman–Crippen MR) is 94.3 cm³/mol. The Hall–Kier alpha value is -1.17. The van der Waals surface area contributed by atoms with Crippen molar-refractivity contribution in [3.05, 3.63) is 29.3 Å². The Morgan fingerprint density at radius 3 is 2.70 bits per heavy atom. The van der Waals surface area contributed by atoms with Crippen LogP contribution in [0.5, 0.6) is 0 Å². The van der Waals surface area contributed by atoms with Crippen molar-refractivity contribution in [1.29, 1.82) is 0 Å². The van der Waals surface area contributed by atoms with Crippen LogP contribution in [0.25, 0.3) is 10.6 Å². The highest BCUT2D eigenvalue weighted by Crippen LogP contribution is 2.35. The molecule has 0 spiro atoms. The van der Waals surface area contributed by atoms with Crippen molar-refractivity contribution in [2.75, 3.05) is 24.6 Å². The molecule has 2 saturated heterocycles. The molecule has 0 radical (unpaired) electrons. The third kappa shape index (κ3) is 3.23. The first-order valence-corrected chi connectivity index (χ1v) is 9.45. The highest BCUT2D eigenvalue weighted by atomic mass is 35.5. The SMILES string of the molecule is Clc1ccccc1-c1nnc(N2CCC(C3CCCO3)CC2)s1. The smallest absolute Gasteiger partial charge is 0.208 e. The minimum Gasteiger partial charge on any atom is -0.378 e. The highest BCUT2D eigenvalue weighted by Gasteiger charge is 2.30. The number of halogens is 1. The molecule has 2 aliphatic rings. The second-order valence-electron chi connectivity index (χ2n) is 6.25. The summed E-state index contributed by atoms with van der Waals surface area (Å²) in [5, 5.41) is 11.4. The van der Waals surface area contributed by atoms with Crippen LogP contribution in [-0.4, -0.2) is 36.0 Å². The molecule has 4 rings (SSSR count). The fourth-order valence-corrected chi connectivity index (χ4v) is 4.74. The Morgan fingerprint density at radius 1 is 1.13 bits per heavy atom. The average molecular weight is 350 g/mol. The zero-order chi connectivity index (χ0) is 15.6. The van der Waals surface area contributed by atoms with Gasteiger partial charge in [-0.15, -0.1) is 10.2 Å². The molecular weight excluding hydrogens is 330 g/mol. The number of hydrogen-bond donors (Lipinski definition) is 0. The molecule has 4 nitrogen and oxygen atoms in total. The number of hydrogen-bond acceptors (Lipinski definition) is 5. The third-order valence-corrected chi connectivity index (χ3v) is 6.17. The van der Waals surface area contributed by atoms with Gasteiger partial charge in [-0.1, -0.05) is 41.1 Å². The molecule has 6 heteroatoms. The van der Waals surface area contributed by atoms with E-state index >= 15 is 0 Å². The van der Waals surface area contributed by atoms with E-state index in [2.05, 4.69) is 15.1 Å². The molecule has 0 saturated carbocycles. The number of benzene rings is 1. The maximum Gasteiger partial charge on any atom is 0.208 e. The van der Waals surface area contributed by atoms with Gasteiger partial charge >= 0.3 is 0 Å². The van der Waals surface area contributed by atoms with Gasteiger partial charge in [0, 0.05) is 25.3 Å². The molecule has 2 aliphatic heterocycles. The van der Waals surface area contributed by atoms with Crippen LogP contribution in [-0.2, 0) is 4.74 Å². The van der Waals surface area contributed by atoms with Gasteiger partial charge in [-0.25, -0.2) is 0 Å². The van der Waals surface area contributed by atoms with Crippen LogP contribution < -0.4 is 4.90 Å². The predicted octanol–water partition coefficient (Wildman–Crippen LogP) is 4.25. The number of nitrogens with zero attached hydrogens (tertiary/aromatic N) is 3. The van der Waals surface area contributed by atoms with Crippen LogP contribution in [0.3, 0.4) is 0 Å². The van der Waals surface area contributed by atoms with E-state index in [0.29, 0.717) is 12.0 Å². The monoisotopic (exact) mass is 349 g/mol. The quantitative estimate of drug-likeness (QED) is 0.830. The molecule has 0 N–H and O–H groups in total. The normalized spacial score (nSPS) is 22.7. The van der Waals surface area contributed by atoms with Gasteiger partial charge in [0.25, 0.3) is 0 Å². The molecule has 0 amide bonds. The van der Waals surface area contributed by atoms with Gasteiger partial charge in [0.05, 0.1) is 11.1 Å². The first-order valence-electron chi connectivity index (χ1n) is 8.26. The lowest BCUT2D eigenvalue weighted by atomic mass is 9.90. The average Bonchev–Trinajstić information content (AvgIpc) is 3.27. The van der Waals surface area contributed by atoms with Crippen molar-refractivity contribution in [2.24, 2.45) is 5.92 Å². The van der Waals surface area contributed by atoms with Crippen LogP contribution in [0.15, 0.2) is 24.3 Å². The van der Waals surface area contributed by atoms with Crippen molar-refractivity contribution >= 4 is 28.1 Å². The molecule has 1 aromatic heterocycles. The molecule has 0 bridgehead atoms. The van der Waals surface area contributed by atoms with Crippen LogP contribution >= 0.6 is 22.9 Å². The third-order valence-electron chi connectivity index (χ3n) is 4.82. The van der Waals surface area contributed by atoms with E-state index in [1.807, 2.05) is 24.3 Å². The second kappa shape index (κ2) is 6.75. The standard InChI is InChI=1S/C17H20ClN3OS/c18-14-5-2-1-4-13(14)16-19-20-17(23-16)21-9-7-12(8-10-21)15-6-3-11-22-15/h1-2,4-5,12,15H,3,6-11H2. The molecule has 23 heavy (non-hydrogen) atoms. The van der Waals surface area contributed by atoms with Gasteiger partial charge in [-0.2, -0.15) is 0 Å². The van der Waals surface area contributed by atoms with Gasteiger partial charge < -0.3 is 9.64 Å². The lowest BCUT2D eigenvalue weighted by Gasteiger charge is -2.33. The summed E-state index contributed by atoms with van der Waals surface area (Å²) in [4.78, 5) is 2.35. The van der Waals surface area contributed by atoms with E-state index in [4.69, 9.17) is 16.3 Å². The van der Waals surface area contributed by atoms with E-state index in [9.17, 15) is 0 Å². The van der Waals surface area contributed by atoms with E-state index in [0.717, 1.165) is 40.4 Å². The lowest BCUT2D eigenvalue weighted by Crippen LogP contribution is -2.37. The summed E-state index contributed by atoms with van der Waals surface area (Å²) in [5.41, 5.74) is 0.965. The molecule has 2 aromatic rings. The topological polar surface area (TPSA) is 38.2 Å². The second-order valence-corrected chi connectivity index (χ2v) is 7.61. The van der Waals surface area contributed by atoms with Crippen molar-refractivity contribution in [3.8, 4) is 10.6 Å². The summed E-state index contributed by atoms with van der Waals surface area (Å²) in [6, 6.07) is 7.81. The number of piperidine rings is 1. The van der Waals surface area contributed by atoms with Gasteiger partial charge in [-0.3, -0.25) is 0 Å². The first kappa shape index (κ1) is 15.4. The minimum absolute atomic E-state index is 0.491. The Labute approximate surface area is 145 Å². The maximum atomic E-state index is 6.26. The summed E-state index contributed by atoms with van der Waals surface area (Å²) in [5.74, 6) is 0.713. The largest absolute Gasteiger partial charge is 0.378 e. The zero-order valence-corrected chi connectivity index (χ0v) is 14.5. The van der Waals surface area contributed by atoms with Crippen LogP contribution in [0.4, 0.5) is 5.13 Å².